The normalized spacial score (nSPS) is 25.2. The summed E-state index contributed by atoms with van der Waals surface area (Å²) >= 11 is 0. The van der Waals surface area contributed by atoms with Crippen LogP contribution in [0.1, 0.15) is 30.4 Å². The van der Waals surface area contributed by atoms with Crippen LogP contribution in [-0.4, -0.2) is 24.2 Å². The molecule has 92 valence electrons. The summed E-state index contributed by atoms with van der Waals surface area (Å²) in [4.78, 5) is 11.8. The van der Waals surface area contributed by atoms with Gasteiger partial charge in [-0.1, -0.05) is 24.3 Å². The van der Waals surface area contributed by atoms with Crippen LogP contribution in [0.15, 0.2) is 24.3 Å². The third-order valence-electron chi connectivity index (χ3n) is 3.76. The summed E-state index contributed by atoms with van der Waals surface area (Å²) < 4.78 is 0. The van der Waals surface area contributed by atoms with Gasteiger partial charge in [-0.05, 0) is 50.4 Å². The summed E-state index contributed by atoms with van der Waals surface area (Å²) in [6, 6.07) is 7.86. The Kier molecular flexibility index (Phi) is 3.48. The molecular formula is C14H19NO2. The van der Waals surface area contributed by atoms with Gasteiger partial charge in [-0.2, -0.15) is 0 Å². The second-order valence-corrected chi connectivity index (χ2v) is 4.81. The molecule has 0 bridgehead atoms. The Labute approximate surface area is 102 Å². The molecule has 3 heteroatoms. The molecule has 0 spiro atoms. The predicted molar refractivity (Wildman–Crippen MR) is 67.2 cm³/mol. The lowest BCUT2D eigenvalue weighted by Gasteiger charge is -2.29. The van der Waals surface area contributed by atoms with Gasteiger partial charge in [-0.25, -0.2) is 0 Å². The number of rotatable bonds is 2. The molecule has 1 fully saturated rings. The first-order chi connectivity index (χ1) is 8.17. The lowest BCUT2D eigenvalue weighted by Crippen LogP contribution is -2.37. The van der Waals surface area contributed by atoms with Gasteiger partial charge in [0.05, 0.1) is 5.41 Å². The maximum atomic E-state index is 11.8. The number of aliphatic carboxylic acids is 1. The standard InChI is InChI=1S/C14H19NO2/c1-11-5-2-3-6-12(11)14(13(16)17)7-4-9-15-10-8-14/h2-3,5-6,15H,4,7-10H2,1H3,(H,16,17). The topological polar surface area (TPSA) is 49.3 Å². The fraction of sp³-hybridized carbons (Fsp3) is 0.500. The van der Waals surface area contributed by atoms with Crippen LogP contribution in [0.25, 0.3) is 0 Å². The molecular weight excluding hydrogens is 214 g/mol. The van der Waals surface area contributed by atoms with Gasteiger partial charge in [0.15, 0.2) is 0 Å². The number of nitrogens with one attached hydrogen (secondary N) is 1. The second kappa shape index (κ2) is 4.88. The van der Waals surface area contributed by atoms with Crippen LogP contribution < -0.4 is 5.32 Å². The minimum Gasteiger partial charge on any atom is -0.481 e. The minimum absolute atomic E-state index is 0.674. The van der Waals surface area contributed by atoms with Crippen molar-refractivity contribution in [2.45, 2.75) is 31.6 Å². The van der Waals surface area contributed by atoms with E-state index in [1.807, 2.05) is 31.2 Å². The zero-order chi connectivity index (χ0) is 12.3. The third-order valence-corrected chi connectivity index (χ3v) is 3.76. The van der Waals surface area contributed by atoms with E-state index in [-0.39, 0.29) is 0 Å². The van der Waals surface area contributed by atoms with Crippen molar-refractivity contribution >= 4 is 5.97 Å². The molecule has 1 aromatic rings. The Bertz CT molecular complexity index is 406. The fourth-order valence-electron chi connectivity index (χ4n) is 2.78. The molecule has 0 aromatic heterocycles. The quantitative estimate of drug-likeness (QED) is 0.822. The second-order valence-electron chi connectivity index (χ2n) is 4.81. The Morgan fingerprint density at radius 3 is 2.76 bits per heavy atom. The molecule has 0 radical (unpaired) electrons. The van der Waals surface area contributed by atoms with E-state index in [1.165, 1.54) is 0 Å². The van der Waals surface area contributed by atoms with Crippen molar-refractivity contribution < 1.29 is 9.90 Å². The highest BCUT2D eigenvalue weighted by Gasteiger charge is 2.41. The molecule has 2 rings (SSSR count). The van der Waals surface area contributed by atoms with Crippen molar-refractivity contribution in [3.8, 4) is 0 Å². The molecule has 1 aliphatic heterocycles. The van der Waals surface area contributed by atoms with Gasteiger partial charge in [0, 0.05) is 0 Å². The fourth-order valence-corrected chi connectivity index (χ4v) is 2.78. The average Bonchev–Trinajstić information content (AvgIpc) is 2.56. The van der Waals surface area contributed by atoms with Crippen LogP contribution in [-0.2, 0) is 10.2 Å². The first-order valence-corrected chi connectivity index (χ1v) is 6.17. The van der Waals surface area contributed by atoms with Gasteiger partial charge in [-0.3, -0.25) is 4.79 Å². The molecule has 1 unspecified atom stereocenters. The zero-order valence-corrected chi connectivity index (χ0v) is 10.2. The van der Waals surface area contributed by atoms with Gasteiger partial charge in [0.2, 0.25) is 0 Å². The highest BCUT2D eigenvalue weighted by atomic mass is 16.4. The molecule has 1 aliphatic rings. The van der Waals surface area contributed by atoms with Gasteiger partial charge in [0.25, 0.3) is 0 Å². The van der Waals surface area contributed by atoms with E-state index in [0.29, 0.717) is 6.42 Å². The number of aryl methyl sites for hydroxylation is 1. The number of carboxylic acid groups (broad SMARTS) is 1. The summed E-state index contributed by atoms with van der Waals surface area (Å²) in [5.74, 6) is -0.685. The summed E-state index contributed by atoms with van der Waals surface area (Å²) in [7, 11) is 0. The molecule has 0 aliphatic carbocycles. The average molecular weight is 233 g/mol. The highest BCUT2D eigenvalue weighted by Crippen LogP contribution is 2.36. The van der Waals surface area contributed by atoms with Gasteiger partial charge >= 0.3 is 5.97 Å². The van der Waals surface area contributed by atoms with E-state index in [9.17, 15) is 9.90 Å². The van der Waals surface area contributed by atoms with E-state index < -0.39 is 11.4 Å². The van der Waals surface area contributed by atoms with Gasteiger partial charge in [-0.15, -0.1) is 0 Å². The van der Waals surface area contributed by atoms with Crippen LogP contribution in [0.2, 0.25) is 0 Å². The molecule has 1 heterocycles. The minimum atomic E-state index is -0.700. The molecule has 1 atom stereocenters. The van der Waals surface area contributed by atoms with Crippen LogP contribution in [0, 0.1) is 6.92 Å². The molecule has 17 heavy (non-hydrogen) atoms. The lowest BCUT2D eigenvalue weighted by molar-refractivity contribution is -0.144. The van der Waals surface area contributed by atoms with E-state index >= 15 is 0 Å². The predicted octanol–water partition coefficient (Wildman–Crippen LogP) is 2.09. The Balaban J connectivity index is 2.46. The van der Waals surface area contributed by atoms with Gasteiger partial charge in [0.1, 0.15) is 0 Å². The lowest BCUT2D eigenvalue weighted by atomic mass is 9.73. The number of carboxylic acids is 1. The van der Waals surface area contributed by atoms with Crippen molar-refractivity contribution in [1.82, 2.24) is 5.32 Å². The Hall–Kier alpha value is -1.35. The molecule has 0 saturated carbocycles. The SMILES string of the molecule is Cc1ccccc1C1(C(=O)O)CCCNCC1. The van der Waals surface area contributed by atoms with Crippen molar-refractivity contribution in [2.75, 3.05) is 13.1 Å². The van der Waals surface area contributed by atoms with E-state index in [1.54, 1.807) is 0 Å². The monoisotopic (exact) mass is 233 g/mol. The third kappa shape index (κ3) is 2.20. The first-order valence-electron chi connectivity index (χ1n) is 6.17. The largest absolute Gasteiger partial charge is 0.481 e. The first kappa shape index (κ1) is 12.1. The zero-order valence-electron chi connectivity index (χ0n) is 10.2. The van der Waals surface area contributed by atoms with E-state index in [0.717, 1.165) is 37.1 Å². The van der Waals surface area contributed by atoms with Crippen LogP contribution in [0.5, 0.6) is 0 Å². The summed E-state index contributed by atoms with van der Waals surface area (Å²) in [5, 5.41) is 12.9. The van der Waals surface area contributed by atoms with Crippen LogP contribution in [0.4, 0.5) is 0 Å². The van der Waals surface area contributed by atoms with Gasteiger partial charge < -0.3 is 10.4 Å². The maximum absolute atomic E-state index is 11.8. The number of hydrogen-bond acceptors (Lipinski definition) is 2. The smallest absolute Gasteiger partial charge is 0.314 e. The number of benzene rings is 1. The number of hydrogen-bond donors (Lipinski definition) is 2. The molecule has 1 aromatic carbocycles. The molecule has 2 N–H and O–H groups in total. The maximum Gasteiger partial charge on any atom is 0.314 e. The van der Waals surface area contributed by atoms with Crippen molar-refractivity contribution in [3.05, 3.63) is 35.4 Å². The van der Waals surface area contributed by atoms with Crippen molar-refractivity contribution in [2.24, 2.45) is 0 Å². The Morgan fingerprint density at radius 2 is 2.06 bits per heavy atom. The van der Waals surface area contributed by atoms with Crippen LogP contribution >= 0.6 is 0 Å². The van der Waals surface area contributed by atoms with E-state index in [4.69, 9.17) is 0 Å². The molecule has 0 amide bonds. The van der Waals surface area contributed by atoms with Crippen LogP contribution in [0.3, 0.4) is 0 Å². The summed E-state index contributed by atoms with van der Waals surface area (Å²) in [6.07, 6.45) is 2.31. The highest BCUT2D eigenvalue weighted by molar-refractivity contribution is 5.82. The van der Waals surface area contributed by atoms with Crippen molar-refractivity contribution in [1.29, 1.82) is 0 Å². The number of carbonyl (C=O) groups is 1. The summed E-state index contributed by atoms with van der Waals surface area (Å²) in [5.41, 5.74) is 1.36. The summed E-state index contributed by atoms with van der Waals surface area (Å²) in [6.45, 7) is 3.69. The molecule has 3 nitrogen and oxygen atoms in total. The Morgan fingerprint density at radius 1 is 1.29 bits per heavy atom. The molecule has 1 saturated heterocycles. The van der Waals surface area contributed by atoms with Crippen molar-refractivity contribution in [3.63, 3.8) is 0 Å². The van der Waals surface area contributed by atoms with E-state index in [2.05, 4.69) is 5.32 Å².